The van der Waals surface area contributed by atoms with Gasteiger partial charge in [0.2, 0.25) is 0 Å². The molecule has 0 aliphatic heterocycles. The average Bonchev–Trinajstić information content (AvgIpc) is 2.37. The number of carbonyl (C=O) groups excluding carboxylic acids is 1. The van der Waals surface area contributed by atoms with Crippen LogP contribution in [0, 0.1) is 0 Å². The van der Waals surface area contributed by atoms with Gasteiger partial charge >= 0.3 is 0 Å². The second-order valence-electron chi connectivity index (χ2n) is 4.10. The van der Waals surface area contributed by atoms with Crippen molar-refractivity contribution in [3.05, 3.63) is 59.9 Å². The van der Waals surface area contributed by atoms with Gasteiger partial charge in [-0.2, -0.15) is 0 Å². The van der Waals surface area contributed by atoms with Crippen LogP contribution in [0.3, 0.4) is 0 Å². The standard InChI is InChI=1S/C14H14N2O2/c1-16-7-5-12(6-8-16)14(18)15-10-11-3-2-4-13(17)9-11/h2-9H,10H2,1H3,(H-,15,17,18)/p+1. The molecule has 0 aliphatic rings. The van der Waals surface area contributed by atoms with Crippen molar-refractivity contribution < 1.29 is 14.5 Å². The molecule has 2 rings (SSSR count). The highest BCUT2D eigenvalue weighted by Crippen LogP contribution is 2.10. The fraction of sp³-hybridized carbons (Fsp3) is 0.143. The SMILES string of the molecule is C[n+]1ccc(C(=O)NCc2cccc(O)c2)cc1. The predicted molar refractivity (Wildman–Crippen MR) is 66.9 cm³/mol. The predicted octanol–water partition coefficient (Wildman–Crippen LogP) is 1.15. The van der Waals surface area contributed by atoms with Crippen LogP contribution >= 0.6 is 0 Å². The highest BCUT2D eigenvalue weighted by Gasteiger charge is 2.06. The lowest BCUT2D eigenvalue weighted by atomic mass is 10.2. The van der Waals surface area contributed by atoms with E-state index in [0.717, 1.165) is 5.56 Å². The van der Waals surface area contributed by atoms with Gasteiger partial charge in [-0.3, -0.25) is 4.79 Å². The third-order valence-corrected chi connectivity index (χ3v) is 2.60. The summed E-state index contributed by atoms with van der Waals surface area (Å²) in [5.74, 6) is 0.0763. The highest BCUT2D eigenvalue weighted by atomic mass is 16.3. The molecule has 4 nitrogen and oxygen atoms in total. The zero-order valence-corrected chi connectivity index (χ0v) is 10.1. The van der Waals surface area contributed by atoms with E-state index < -0.39 is 0 Å². The van der Waals surface area contributed by atoms with Crippen molar-refractivity contribution in [3.8, 4) is 5.75 Å². The maximum atomic E-state index is 11.8. The number of rotatable bonds is 3. The Kier molecular flexibility index (Phi) is 3.57. The number of phenolic OH excluding ortho intramolecular Hbond substituents is 1. The molecule has 0 fully saturated rings. The Morgan fingerprint density at radius 3 is 2.67 bits per heavy atom. The molecule has 0 aliphatic carbocycles. The van der Waals surface area contributed by atoms with Crippen molar-refractivity contribution in [1.82, 2.24) is 5.32 Å². The zero-order valence-electron chi connectivity index (χ0n) is 10.1. The third kappa shape index (κ3) is 3.07. The Hall–Kier alpha value is -2.36. The minimum Gasteiger partial charge on any atom is -0.508 e. The first-order valence-electron chi connectivity index (χ1n) is 5.66. The van der Waals surface area contributed by atoms with E-state index in [1.807, 2.05) is 30.1 Å². The minimum absolute atomic E-state index is 0.126. The molecule has 1 heterocycles. The Bertz CT molecular complexity index is 550. The van der Waals surface area contributed by atoms with Gasteiger partial charge in [-0.05, 0) is 17.7 Å². The summed E-state index contributed by atoms with van der Waals surface area (Å²) in [5, 5.41) is 12.1. The van der Waals surface area contributed by atoms with Gasteiger partial charge in [0.15, 0.2) is 12.4 Å². The molecule has 0 atom stereocenters. The number of phenols is 1. The van der Waals surface area contributed by atoms with Gasteiger partial charge in [0.25, 0.3) is 5.91 Å². The Balaban J connectivity index is 1.98. The number of pyridine rings is 1. The summed E-state index contributed by atoms with van der Waals surface area (Å²) in [4.78, 5) is 11.8. The first-order valence-corrected chi connectivity index (χ1v) is 5.66. The quantitative estimate of drug-likeness (QED) is 0.794. The molecule has 18 heavy (non-hydrogen) atoms. The van der Waals surface area contributed by atoms with E-state index in [4.69, 9.17) is 0 Å². The van der Waals surface area contributed by atoms with Crippen molar-refractivity contribution in [3.63, 3.8) is 0 Å². The molecule has 2 N–H and O–H groups in total. The molecule has 1 aromatic heterocycles. The number of amides is 1. The Morgan fingerprint density at radius 1 is 1.28 bits per heavy atom. The van der Waals surface area contributed by atoms with Crippen LogP contribution in [-0.2, 0) is 13.6 Å². The monoisotopic (exact) mass is 243 g/mol. The fourth-order valence-corrected chi connectivity index (χ4v) is 1.60. The van der Waals surface area contributed by atoms with Gasteiger partial charge in [0.1, 0.15) is 12.8 Å². The normalized spacial score (nSPS) is 10.1. The van der Waals surface area contributed by atoms with Gasteiger partial charge in [-0.25, -0.2) is 4.57 Å². The molecule has 1 amide bonds. The summed E-state index contributed by atoms with van der Waals surface area (Å²) >= 11 is 0. The van der Waals surface area contributed by atoms with Crippen LogP contribution < -0.4 is 9.88 Å². The van der Waals surface area contributed by atoms with Crippen LogP contribution in [-0.4, -0.2) is 11.0 Å². The lowest BCUT2D eigenvalue weighted by Gasteiger charge is -2.05. The van der Waals surface area contributed by atoms with E-state index in [1.54, 1.807) is 30.3 Å². The van der Waals surface area contributed by atoms with Crippen molar-refractivity contribution in [2.24, 2.45) is 7.05 Å². The van der Waals surface area contributed by atoms with E-state index in [-0.39, 0.29) is 11.7 Å². The molecule has 0 spiro atoms. The van der Waals surface area contributed by atoms with E-state index >= 15 is 0 Å². The lowest BCUT2D eigenvalue weighted by Crippen LogP contribution is -2.28. The molecule has 0 saturated heterocycles. The molecule has 0 saturated carbocycles. The fourth-order valence-electron chi connectivity index (χ4n) is 1.60. The van der Waals surface area contributed by atoms with Crippen LogP contribution in [0.25, 0.3) is 0 Å². The lowest BCUT2D eigenvalue weighted by molar-refractivity contribution is -0.671. The first-order chi connectivity index (χ1) is 8.65. The summed E-state index contributed by atoms with van der Waals surface area (Å²) in [6, 6.07) is 10.4. The van der Waals surface area contributed by atoms with Crippen LogP contribution in [0.1, 0.15) is 15.9 Å². The number of nitrogens with zero attached hydrogens (tertiary/aromatic N) is 1. The summed E-state index contributed by atoms with van der Waals surface area (Å²) < 4.78 is 1.87. The first kappa shape index (κ1) is 12.1. The second-order valence-corrected chi connectivity index (χ2v) is 4.10. The van der Waals surface area contributed by atoms with Gasteiger partial charge in [0, 0.05) is 18.7 Å². The largest absolute Gasteiger partial charge is 0.508 e. The van der Waals surface area contributed by atoms with Crippen LogP contribution in [0.5, 0.6) is 5.75 Å². The third-order valence-electron chi connectivity index (χ3n) is 2.60. The van der Waals surface area contributed by atoms with Crippen molar-refractivity contribution in [2.45, 2.75) is 6.54 Å². The number of aromatic hydroxyl groups is 1. The molecular formula is C14H15N2O2+. The maximum Gasteiger partial charge on any atom is 0.252 e. The molecule has 0 bridgehead atoms. The smallest absolute Gasteiger partial charge is 0.252 e. The molecule has 92 valence electrons. The second kappa shape index (κ2) is 5.31. The van der Waals surface area contributed by atoms with Crippen LogP contribution in [0.15, 0.2) is 48.8 Å². The summed E-state index contributed by atoms with van der Waals surface area (Å²) in [6.07, 6.45) is 3.65. The number of hydrogen-bond acceptors (Lipinski definition) is 2. The van der Waals surface area contributed by atoms with E-state index in [0.29, 0.717) is 12.1 Å². The van der Waals surface area contributed by atoms with Crippen molar-refractivity contribution in [1.29, 1.82) is 0 Å². The molecule has 2 aromatic rings. The number of aromatic nitrogens is 1. The topological polar surface area (TPSA) is 53.2 Å². The van der Waals surface area contributed by atoms with Crippen LogP contribution in [0.2, 0.25) is 0 Å². The van der Waals surface area contributed by atoms with Gasteiger partial charge in [-0.1, -0.05) is 12.1 Å². The highest BCUT2D eigenvalue weighted by molar-refractivity contribution is 5.93. The van der Waals surface area contributed by atoms with E-state index in [9.17, 15) is 9.90 Å². The number of benzene rings is 1. The molecule has 1 aromatic carbocycles. The van der Waals surface area contributed by atoms with Crippen LogP contribution in [0.4, 0.5) is 0 Å². The molecule has 0 radical (unpaired) electrons. The van der Waals surface area contributed by atoms with Crippen molar-refractivity contribution >= 4 is 5.91 Å². The number of hydrogen-bond donors (Lipinski definition) is 2. The molecule has 4 heteroatoms. The van der Waals surface area contributed by atoms with Gasteiger partial charge in [0.05, 0.1) is 5.56 Å². The number of aryl methyl sites for hydroxylation is 1. The number of carbonyl (C=O) groups is 1. The number of nitrogens with one attached hydrogen (secondary N) is 1. The zero-order chi connectivity index (χ0) is 13.0. The summed E-state index contributed by atoms with van der Waals surface area (Å²) in [5.41, 5.74) is 1.48. The average molecular weight is 243 g/mol. The Labute approximate surface area is 106 Å². The van der Waals surface area contributed by atoms with Crippen molar-refractivity contribution in [2.75, 3.05) is 0 Å². The Morgan fingerprint density at radius 2 is 2.00 bits per heavy atom. The minimum atomic E-state index is -0.126. The molecule has 0 unspecified atom stereocenters. The van der Waals surface area contributed by atoms with Gasteiger partial charge in [-0.15, -0.1) is 0 Å². The van der Waals surface area contributed by atoms with Gasteiger partial charge < -0.3 is 10.4 Å². The summed E-state index contributed by atoms with van der Waals surface area (Å²) in [7, 11) is 1.90. The van der Waals surface area contributed by atoms with E-state index in [2.05, 4.69) is 5.32 Å². The van der Waals surface area contributed by atoms with E-state index in [1.165, 1.54) is 0 Å². The summed E-state index contributed by atoms with van der Waals surface area (Å²) in [6.45, 7) is 0.397. The molecular weight excluding hydrogens is 228 g/mol. The maximum absolute atomic E-state index is 11.8.